The number of primary amides is 1. The number of rotatable bonds is 7. The number of carboxylic acid groups (broad SMARTS) is 1. The quantitative estimate of drug-likeness (QED) is 0.356. The lowest BCUT2D eigenvalue weighted by molar-refractivity contribution is -0.141. The highest BCUT2D eigenvalue weighted by atomic mass is 16.4. The van der Waals surface area contributed by atoms with E-state index in [1.807, 2.05) is 0 Å². The standard InChI is InChI=1S/C12H20N4O5/c1-6(12(20)21)15-11(19)8(5-9(13)17)16-10(18)7-3-2-4-14-7/h6-8,14H,2-5H2,1H3,(H2,13,17)(H,15,19)(H,16,18)(H,20,21). The molecule has 0 radical (unpaired) electrons. The minimum absolute atomic E-state index is 0.392. The van der Waals surface area contributed by atoms with Crippen LogP contribution in [0.2, 0.25) is 0 Å². The number of hydrogen-bond donors (Lipinski definition) is 5. The normalized spacial score (nSPS) is 20.3. The van der Waals surface area contributed by atoms with E-state index in [0.29, 0.717) is 13.0 Å². The lowest BCUT2D eigenvalue weighted by Gasteiger charge is -2.20. The summed E-state index contributed by atoms with van der Waals surface area (Å²) in [5, 5.41) is 16.3. The zero-order valence-corrected chi connectivity index (χ0v) is 11.7. The monoisotopic (exact) mass is 300 g/mol. The molecule has 1 aliphatic heterocycles. The van der Waals surface area contributed by atoms with Gasteiger partial charge in [0.1, 0.15) is 12.1 Å². The predicted molar refractivity (Wildman–Crippen MR) is 72.0 cm³/mol. The fourth-order valence-corrected chi connectivity index (χ4v) is 1.97. The van der Waals surface area contributed by atoms with E-state index in [9.17, 15) is 19.2 Å². The highest BCUT2D eigenvalue weighted by Gasteiger charge is 2.29. The maximum absolute atomic E-state index is 11.9. The third-order valence-corrected chi connectivity index (χ3v) is 3.14. The Kier molecular flexibility index (Phi) is 6.10. The van der Waals surface area contributed by atoms with Crippen molar-refractivity contribution in [1.29, 1.82) is 0 Å². The minimum Gasteiger partial charge on any atom is -0.480 e. The Balaban J connectivity index is 2.65. The Labute approximate surface area is 121 Å². The largest absolute Gasteiger partial charge is 0.480 e. The fourth-order valence-electron chi connectivity index (χ4n) is 1.97. The zero-order valence-electron chi connectivity index (χ0n) is 11.7. The number of amides is 3. The maximum Gasteiger partial charge on any atom is 0.325 e. The molecular weight excluding hydrogens is 280 g/mol. The van der Waals surface area contributed by atoms with Crippen molar-refractivity contribution in [2.45, 2.75) is 44.3 Å². The number of nitrogens with one attached hydrogen (secondary N) is 3. The smallest absolute Gasteiger partial charge is 0.325 e. The second-order valence-electron chi connectivity index (χ2n) is 4.95. The van der Waals surface area contributed by atoms with Gasteiger partial charge in [-0.05, 0) is 26.3 Å². The van der Waals surface area contributed by atoms with Crippen LogP contribution in [-0.2, 0) is 19.2 Å². The number of aliphatic carboxylic acids is 1. The Morgan fingerprint density at radius 3 is 2.48 bits per heavy atom. The Bertz CT molecular complexity index is 433. The maximum atomic E-state index is 11.9. The first-order valence-electron chi connectivity index (χ1n) is 6.66. The van der Waals surface area contributed by atoms with Gasteiger partial charge >= 0.3 is 5.97 Å². The number of carbonyl (C=O) groups is 4. The highest BCUT2D eigenvalue weighted by Crippen LogP contribution is 2.05. The summed E-state index contributed by atoms with van der Waals surface area (Å²) in [7, 11) is 0. The van der Waals surface area contributed by atoms with Gasteiger partial charge in [-0.25, -0.2) is 0 Å². The molecule has 1 aliphatic rings. The summed E-state index contributed by atoms with van der Waals surface area (Å²) in [5.74, 6) is -3.14. The van der Waals surface area contributed by atoms with E-state index in [2.05, 4.69) is 16.0 Å². The molecule has 0 bridgehead atoms. The summed E-state index contributed by atoms with van der Waals surface area (Å²) in [5.41, 5.74) is 5.05. The van der Waals surface area contributed by atoms with Crippen molar-refractivity contribution < 1.29 is 24.3 Å². The Morgan fingerprint density at radius 1 is 1.33 bits per heavy atom. The topological polar surface area (TPSA) is 151 Å². The van der Waals surface area contributed by atoms with Gasteiger partial charge in [0.05, 0.1) is 12.5 Å². The van der Waals surface area contributed by atoms with Crippen LogP contribution in [0.5, 0.6) is 0 Å². The molecule has 3 amide bonds. The fraction of sp³-hybridized carbons (Fsp3) is 0.667. The van der Waals surface area contributed by atoms with Crippen LogP contribution in [-0.4, -0.2) is 53.5 Å². The number of carbonyl (C=O) groups excluding carboxylic acids is 3. The molecule has 0 spiro atoms. The van der Waals surface area contributed by atoms with Gasteiger partial charge in [-0.15, -0.1) is 0 Å². The van der Waals surface area contributed by atoms with Gasteiger partial charge in [0.2, 0.25) is 17.7 Å². The van der Waals surface area contributed by atoms with Crippen LogP contribution in [0.1, 0.15) is 26.2 Å². The first kappa shape index (κ1) is 16.9. The second kappa shape index (κ2) is 7.58. The number of carboxylic acids is 1. The lowest BCUT2D eigenvalue weighted by Crippen LogP contribution is -2.54. The molecule has 1 saturated heterocycles. The molecule has 3 unspecified atom stereocenters. The molecular formula is C12H20N4O5. The van der Waals surface area contributed by atoms with Gasteiger partial charge in [0, 0.05) is 0 Å². The van der Waals surface area contributed by atoms with Crippen molar-refractivity contribution in [2.75, 3.05) is 6.54 Å². The SMILES string of the molecule is CC(NC(=O)C(CC(N)=O)NC(=O)C1CCCN1)C(=O)O. The number of hydrogen-bond acceptors (Lipinski definition) is 5. The van der Waals surface area contributed by atoms with E-state index in [1.54, 1.807) is 0 Å². The molecule has 118 valence electrons. The van der Waals surface area contributed by atoms with Gasteiger partial charge in [-0.1, -0.05) is 0 Å². The first-order valence-corrected chi connectivity index (χ1v) is 6.66. The molecule has 0 aromatic heterocycles. The van der Waals surface area contributed by atoms with Crippen LogP contribution in [0.15, 0.2) is 0 Å². The molecule has 0 aromatic rings. The van der Waals surface area contributed by atoms with Crippen LogP contribution < -0.4 is 21.7 Å². The molecule has 9 heteroatoms. The van der Waals surface area contributed by atoms with Gasteiger partial charge in [0.25, 0.3) is 0 Å². The van der Waals surface area contributed by atoms with Gasteiger partial charge in [-0.3, -0.25) is 19.2 Å². The summed E-state index contributed by atoms with van der Waals surface area (Å²) in [6.45, 7) is 1.99. The second-order valence-corrected chi connectivity index (χ2v) is 4.95. The van der Waals surface area contributed by atoms with Gasteiger partial charge in [-0.2, -0.15) is 0 Å². The van der Waals surface area contributed by atoms with Crippen molar-refractivity contribution in [2.24, 2.45) is 5.73 Å². The van der Waals surface area contributed by atoms with E-state index in [-0.39, 0.29) is 0 Å². The number of nitrogens with two attached hydrogens (primary N) is 1. The average Bonchev–Trinajstić information content (AvgIpc) is 2.90. The van der Waals surface area contributed by atoms with Crippen LogP contribution in [0, 0.1) is 0 Å². The predicted octanol–water partition coefficient (Wildman–Crippen LogP) is -2.31. The molecule has 21 heavy (non-hydrogen) atoms. The Morgan fingerprint density at radius 2 is 2.00 bits per heavy atom. The van der Waals surface area contributed by atoms with Crippen LogP contribution >= 0.6 is 0 Å². The molecule has 1 fully saturated rings. The van der Waals surface area contributed by atoms with E-state index in [1.165, 1.54) is 6.92 Å². The molecule has 0 aliphatic carbocycles. The van der Waals surface area contributed by atoms with E-state index < -0.39 is 48.2 Å². The van der Waals surface area contributed by atoms with Crippen molar-refractivity contribution in [3.05, 3.63) is 0 Å². The molecule has 6 N–H and O–H groups in total. The van der Waals surface area contributed by atoms with Crippen molar-refractivity contribution >= 4 is 23.7 Å². The molecule has 1 rings (SSSR count). The van der Waals surface area contributed by atoms with Gasteiger partial charge in [0.15, 0.2) is 0 Å². The lowest BCUT2D eigenvalue weighted by atomic mass is 10.1. The molecule has 0 aromatic carbocycles. The summed E-state index contributed by atoms with van der Waals surface area (Å²) in [4.78, 5) is 45.6. The van der Waals surface area contributed by atoms with Crippen molar-refractivity contribution in [1.82, 2.24) is 16.0 Å². The molecule has 3 atom stereocenters. The van der Waals surface area contributed by atoms with Crippen LogP contribution in [0.4, 0.5) is 0 Å². The van der Waals surface area contributed by atoms with Crippen molar-refractivity contribution in [3.63, 3.8) is 0 Å². The summed E-state index contributed by atoms with van der Waals surface area (Å²) < 4.78 is 0. The summed E-state index contributed by atoms with van der Waals surface area (Å²) >= 11 is 0. The average molecular weight is 300 g/mol. The third-order valence-electron chi connectivity index (χ3n) is 3.14. The first-order chi connectivity index (χ1) is 9.81. The summed E-state index contributed by atoms with van der Waals surface area (Å²) in [6, 6.07) is -2.72. The van der Waals surface area contributed by atoms with Gasteiger partial charge < -0.3 is 26.8 Å². The molecule has 1 heterocycles. The minimum atomic E-state index is -1.22. The summed E-state index contributed by atoms with van der Waals surface area (Å²) in [6.07, 6.45) is 1.10. The van der Waals surface area contributed by atoms with E-state index >= 15 is 0 Å². The third kappa shape index (κ3) is 5.38. The molecule has 0 saturated carbocycles. The highest BCUT2D eigenvalue weighted by molar-refractivity contribution is 5.94. The van der Waals surface area contributed by atoms with E-state index in [4.69, 9.17) is 10.8 Å². The van der Waals surface area contributed by atoms with Crippen molar-refractivity contribution in [3.8, 4) is 0 Å². The van der Waals surface area contributed by atoms with Crippen LogP contribution in [0.3, 0.4) is 0 Å². The molecule has 9 nitrogen and oxygen atoms in total. The van der Waals surface area contributed by atoms with E-state index in [0.717, 1.165) is 6.42 Å². The zero-order chi connectivity index (χ0) is 16.0. The van der Waals surface area contributed by atoms with Crippen LogP contribution in [0.25, 0.3) is 0 Å². The Hall–Kier alpha value is -2.16.